The van der Waals surface area contributed by atoms with Gasteiger partial charge >= 0.3 is 0 Å². The van der Waals surface area contributed by atoms with Crippen molar-refractivity contribution in [2.45, 2.75) is 25.7 Å². The number of sulfonamides is 1. The monoisotopic (exact) mass is 463 g/mol. The number of likely N-dealkylation sites (N-methyl/N-ethyl adjacent to an activating group) is 1. The number of rotatable bonds is 8. The minimum Gasteiger partial charge on any atom is -0.494 e. The van der Waals surface area contributed by atoms with Crippen molar-refractivity contribution in [2.75, 3.05) is 50.8 Å². The van der Waals surface area contributed by atoms with Gasteiger partial charge in [0.05, 0.1) is 18.0 Å². The van der Waals surface area contributed by atoms with E-state index in [0.29, 0.717) is 38.5 Å². The standard InChI is InChI=1S/C23H30FN3O4S/c1-4-27(32(29,30)21-10-11-22(31-5-2)18(3)16-21)17-23(28)26-14-12-25(13-15-26)20-8-6-19(24)7-9-20/h6-11,16H,4-5,12-15,17H2,1-3H3. The van der Waals surface area contributed by atoms with Crippen LogP contribution in [0.2, 0.25) is 0 Å². The summed E-state index contributed by atoms with van der Waals surface area (Å²) >= 11 is 0. The predicted octanol–water partition coefficient (Wildman–Crippen LogP) is 2.89. The summed E-state index contributed by atoms with van der Waals surface area (Å²) in [6.07, 6.45) is 0. The van der Waals surface area contributed by atoms with E-state index < -0.39 is 10.0 Å². The van der Waals surface area contributed by atoms with Crippen LogP contribution in [0.5, 0.6) is 5.75 Å². The number of anilines is 1. The molecule has 0 radical (unpaired) electrons. The molecule has 1 amide bonds. The zero-order valence-electron chi connectivity index (χ0n) is 18.8. The van der Waals surface area contributed by atoms with Crippen molar-refractivity contribution in [2.24, 2.45) is 0 Å². The Kier molecular flexibility index (Phi) is 7.73. The molecule has 0 aliphatic carbocycles. The summed E-state index contributed by atoms with van der Waals surface area (Å²) in [6.45, 7) is 8.04. The molecule has 1 aliphatic heterocycles. The second-order valence-corrected chi connectivity index (χ2v) is 9.57. The zero-order valence-corrected chi connectivity index (χ0v) is 19.6. The number of carbonyl (C=O) groups excluding carboxylic acids is 1. The summed E-state index contributed by atoms with van der Waals surface area (Å²) in [5, 5.41) is 0. The fraction of sp³-hybridized carbons (Fsp3) is 0.435. The third-order valence-electron chi connectivity index (χ3n) is 5.57. The molecule has 7 nitrogen and oxygen atoms in total. The maximum atomic E-state index is 13.1. The molecule has 2 aromatic carbocycles. The molecule has 1 saturated heterocycles. The fourth-order valence-electron chi connectivity index (χ4n) is 3.73. The Hall–Kier alpha value is -2.65. The van der Waals surface area contributed by atoms with E-state index in [1.165, 1.54) is 22.5 Å². The van der Waals surface area contributed by atoms with Crippen LogP contribution in [0.1, 0.15) is 19.4 Å². The van der Waals surface area contributed by atoms with Crippen molar-refractivity contribution < 1.29 is 22.3 Å². The number of hydrogen-bond acceptors (Lipinski definition) is 5. The summed E-state index contributed by atoms with van der Waals surface area (Å²) < 4.78 is 46.1. The molecule has 3 rings (SSSR count). The number of aryl methyl sites for hydroxylation is 1. The largest absolute Gasteiger partial charge is 0.494 e. The lowest BCUT2D eigenvalue weighted by molar-refractivity contribution is -0.131. The van der Waals surface area contributed by atoms with Crippen molar-refractivity contribution >= 4 is 21.6 Å². The third-order valence-corrected chi connectivity index (χ3v) is 7.49. The smallest absolute Gasteiger partial charge is 0.243 e. The highest BCUT2D eigenvalue weighted by atomic mass is 32.2. The van der Waals surface area contributed by atoms with E-state index in [4.69, 9.17) is 4.74 Å². The Balaban J connectivity index is 1.64. The van der Waals surface area contributed by atoms with Gasteiger partial charge in [-0.2, -0.15) is 4.31 Å². The molecular formula is C23H30FN3O4S. The van der Waals surface area contributed by atoms with Crippen LogP contribution in [0, 0.1) is 12.7 Å². The molecule has 1 aliphatic rings. The minimum absolute atomic E-state index is 0.147. The molecule has 32 heavy (non-hydrogen) atoms. The first-order chi connectivity index (χ1) is 15.3. The normalized spacial score (nSPS) is 14.7. The van der Waals surface area contributed by atoms with Crippen molar-refractivity contribution in [3.63, 3.8) is 0 Å². The number of hydrogen-bond donors (Lipinski definition) is 0. The molecule has 0 aromatic heterocycles. The van der Waals surface area contributed by atoms with E-state index >= 15 is 0 Å². The van der Waals surface area contributed by atoms with E-state index in [1.54, 1.807) is 43.0 Å². The maximum Gasteiger partial charge on any atom is 0.243 e. The summed E-state index contributed by atoms with van der Waals surface area (Å²) in [4.78, 5) is 16.8. The van der Waals surface area contributed by atoms with Gasteiger partial charge in [-0.25, -0.2) is 12.8 Å². The molecular weight excluding hydrogens is 433 g/mol. The van der Waals surface area contributed by atoms with E-state index in [1.807, 2.05) is 6.92 Å². The number of carbonyl (C=O) groups is 1. The van der Waals surface area contributed by atoms with Crippen LogP contribution in [0.3, 0.4) is 0 Å². The third kappa shape index (κ3) is 5.39. The fourth-order valence-corrected chi connectivity index (χ4v) is 5.22. The topological polar surface area (TPSA) is 70.2 Å². The number of halogens is 1. The summed E-state index contributed by atoms with van der Waals surface area (Å²) in [6, 6.07) is 11.0. The Morgan fingerprint density at radius 1 is 1.06 bits per heavy atom. The second kappa shape index (κ2) is 10.3. The molecule has 0 spiro atoms. The molecule has 1 heterocycles. The highest BCUT2D eigenvalue weighted by molar-refractivity contribution is 7.89. The van der Waals surface area contributed by atoms with E-state index in [-0.39, 0.29) is 29.7 Å². The SMILES string of the molecule is CCOc1ccc(S(=O)(=O)N(CC)CC(=O)N2CCN(c3ccc(F)cc3)CC2)cc1C. The molecule has 2 aromatic rings. The van der Waals surface area contributed by atoms with Gasteiger partial charge in [-0.3, -0.25) is 4.79 Å². The Morgan fingerprint density at radius 2 is 1.72 bits per heavy atom. The Bertz CT molecular complexity index is 1040. The van der Waals surface area contributed by atoms with Crippen LogP contribution in [0.15, 0.2) is 47.4 Å². The van der Waals surface area contributed by atoms with Gasteiger partial charge in [0.2, 0.25) is 15.9 Å². The average Bonchev–Trinajstić information content (AvgIpc) is 2.79. The van der Waals surface area contributed by atoms with E-state index in [0.717, 1.165) is 11.3 Å². The molecule has 174 valence electrons. The number of amides is 1. The van der Waals surface area contributed by atoms with Crippen molar-refractivity contribution in [1.29, 1.82) is 0 Å². The van der Waals surface area contributed by atoms with Gasteiger partial charge in [0, 0.05) is 38.4 Å². The van der Waals surface area contributed by atoms with Gasteiger partial charge < -0.3 is 14.5 Å². The minimum atomic E-state index is -3.81. The number of ether oxygens (including phenoxy) is 1. The number of benzene rings is 2. The van der Waals surface area contributed by atoms with Gasteiger partial charge in [-0.15, -0.1) is 0 Å². The van der Waals surface area contributed by atoms with Crippen LogP contribution in [0.4, 0.5) is 10.1 Å². The van der Waals surface area contributed by atoms with E-state index in [9.17, 15) is 17.6 Å². The molecule has 0 unspecified atom stereocenters. The Morgan fingerprint density at radius 3 is 2.28 bits per heavy atom. The first kappa shape index (κ1) is 24.0. The predicted molar refractivity (Wildman–Crippen MR) is 122 cm³/mol. The van der Waals surface area contributed by atoms with Crippen molar-refractivity contribution in [3.8, 4) is 5.75 Å². The highest BCUT2D eigenvalue weighted by Crippen LogP contribution is 2.24. The van der Waals surface area contributed by atoms with Gasteiger partial charge in [0.25, 0.3) is 0 Å². The molecule has 9 heteroatoms. The van der Waals surface area contributed by atoms with E-state index in [2.05, 4.69) is 4.90 Å². The van der Waals surface area contributed by atoms with Crippen LogP contribution < -0.4 is 9.64 Å². The van der Waals surface area contributed by atoms with Crippen LogP contribution >= 0.6 is 0 Å². The van der Waals surface area contributed by atoms with Crippen LogP contribution in [0.25, 0.3) is 0 Å². The summed E-state index contributed by atoms with van der Waals surface area (Å²) in [5.74, 6) is 0.132. The lowest BCUT2D eigenvalue weighted by atomic mass is 10.2. The van der Waals surface area contributed by atoms with Gasteiger partial charge in [-0.1, -0.05) is 6.92 Å². The van der Waals surface area contributed by atoms with Gasteiger partial charge in [0.1, 0.15) is 11.6 Å². The molecule has 0 saturated carbocycles. The van der Waals surface area contributed by atoms with Gasteiger partial charge in [-0.05, 0) is 61.9 Å². The molecule has 0 N–H and O–H groups in total. The average molecular weight is 464 g/mol. The first-order valence-corrected chi connectivity index (χ1v) is 12.2. The maximum absolute atomic E-state index is 13.1. The van der Waals surface area contributed by atoms with Crippen molar-refractivity contribution in [1.82, 2.24) is 9.21 Å². The molecule has 1 fully saturated rings. The lowest BCUT2D eigenvalue weighted by Gasteiger charge is -2.36. The zero-order chi connectivity index (χ0) is 23.3. The quantitative estimate of drug-likeness (QED) is 0.602. The van der Waals surface area contributed by atoms with Gasteiger partial charge in [0.15, 0.2) is 0 Å². The second-order valence-electron chi connectivity index (χ2n) is 7.64. The van der Waals surface area contributed by atoms with Crippen LogP contribution in [-0.4, -0.2) is 69.4 Å². The first-order valence-electron chi connectivity index (χ1n) is 10.8. The number of nitrogens with zero attached hydrogens (tertiary/aromatic N) is 3. The Labute approximate surface area is 189 Å². The number of piperazine rings is 1. The molecule has 0 bridgehead atoms. The highest BCUT2D eigenvalue weighted by Gasteiger charge is 2.29. The lowest BCUT2D eigenvalue weighted by Crippen LogP contribution is -2.51. The molecule has 0 atom stereocenters. The van der Waals surface area contributed by atoms with Crippen molar-refractivity contribution in [3.05, 3.63) is 53.8 Å². The van der Waals surface area contributed by atoms with Crippen LogP contribution in [-0.2, 0) is 14.8 Å². The summed E-state index contributed by atoms with van der Waals surface area (Å²) in [7, 11) is -3.81. The summed E-state index contributed by atoms with van der Waals surface area (Å²) in [5.41, 5.74) is 1.63.